The average molecular weight is 598 g/mol. The standard InChI is InChI=1S/C29H39N7O7/c30-20(16-18-8-3-1-4-9-18)25(39)34-21(12-7-15-33-29(31)32)26(40)35-22(13-14-24(37)38)27(41)36-23(28(42)43)17-19-10-5-2-6-11-19/h1-6,8-11,20-23H,7,12-17,30H2,(H,34,39)(H,35,40)(H,36,41)(H,37,38)(H,42,43)(H4,31,32,33). The maximum Gasteiger partial charge on any atom is 0.326 e. The summed E-state index contributed by atoms with van der Waals surface area (Å²) in [6, 6.07) is 12.7. The number of rotatable bonds is 18. The fourth-order valence-electron chi connectivity index (χ4n) is 4.14. The number of aliphatic carboxylic acids is 2. The molecule has 2 aromatic rings. The summed E-state index contributed by atoms with van der Waals surface area (Å²) in [6.07, 6.45) is -0.314. The number of carboxylic acid groups (broad SMARTS) is 2. The second kappa shape index (κ2) is 17.7. The molecule has 0 aliphatic rings. The lowest BCUT2D eigenvalue weighted by Gasteiger charge is -2.25. The molecular weight excluding hydrogens is 558 g/mol. The first-order valence-corrected chi connectivity index (χ1v) is 13.7. The van der Waals surface area contributed by atoms with Crippen LogP contribution in [0.2, 0.25) is 0 Å². The van der Waals surface area contributed by atoms with E-state index in [2.05, 4.69) is 20.9 Å². The minimum atomic E-state index is -1.41. The Morgan fingerprint density at radius 2 is 1.19 bits per heavy atom. The van der Waals surface area contributed by atoms with Gasteiger partial charge in [-0.05, 0) is 36.8 Å². The number of benzene rings is 2. The molecular formula is C29H39N7O7. The summed E-state index contributed by atoms with van der Waals surface area (Å²) >= 11 is 0. The molecule has 0 aliphatic carbocycles. The van der Waals surface area contributed by atoms with Gasteiger partial charge in [-0.25, -0.2) is 4.79 Å². The van der Waals surface area contributed by atoms with Crippen molar-refractivity contribution >= 4 is 35.6 Å². The Labute approximate surface area is 249 Å². The van der Waals surface area contributed by atoms with E-state index >= 15 is 0 Å². The quantitative estimate of drug-likeness (QED) is 0.0606. The molecule has 0 spiro atoms. The number of carbonyl (C=O) groups excluding carboxylic acids is 3. The van der Waals surface area contributed by atoms with Gasteiger partial charge in [-0.2, -0.15) is 0 Å². The van der Waals surface area contributed by atoms with Crippen molar-refractivity contribution in [2.24, 2.45) is 22.2 Å². The third-order valence-electron chi connectivity index (χ3n) is 6.39. The molecule has 43 heavy (non-hydrogen) atoms. The van der Waals surface area contributed by atoms with Gasteiger partial charge in [0.2, 0.25) is 17.7 Å². The number of nitrogens with one attached hydrogen (secondary N) is 3. The first kappa shape index (κ1) is 34.2. The van der Waals surface area contributed by atoms with E-state index in [1.165, 1.54) is 0 Å². The van der Waals surface area contributed by atoms with Gasteiger partial charge in [0, 0.05) is 19.4 Å². The summed E-state index contributed by atoms with van der Waals surface area (Å²) in [4.78, 5) is 66.5. The van der Waals surface area contributed by atoms with Crippen LogP contribution in [0.4, 0.5) is 0 Å². The lowest BCUT2D eigenvalue weighted by molar-refractivity contribution is -0.143. The number of guanidine groups is 1. The Morgan fingerprint density at radius 3 is 1.70 bits per heavy atom. The Hall–Kier alpha value is -4.98. The Balaban J connectivity index is 2.18. The molecule has 0 aliphatic heterocycles. The molecule has 14 nitrogen and oxygen atoms in total. The third-order valence-corrected chi connectivity index (χ3v) is 6.39. The van der Waals surface area contributed by atoms with Crippen molar-refractivity contribution in [2.45, 2.75) is 62.7 Å². The van der Waals surface area contributed by atoms with E-state index in [0.29, 0.717) is 5.56 Å². The van der Waals surface area contributed by atoms with Gasteiger partial charge in [-0.15, -0.1) is 0 Å². The fraction of sp³-hybridized carbons (Fsp3) is 0.379. The molecule has 0 aromatic heterocycles. The molecule has 0 saturated carbocycles. The van der Waals surface area contributed by atoms with E-state index in [4.69, 9.17) is 17.2 Å². The molecule has 0 radical (unpaired) electrons. The SMILES string of the molecule is NC(N)=NCCCC(NC(=O)C(N)Cc1ccccc1)C(=O)NC(CCC(=O)O)C(=O)NC(Cc1ccccc1)C(=O)O. The Bertz CT molecular complexity index is 1250. The van der Waals surface area contributed by atoms with E-state index in [9.17, 15) is 34.2 Å². The number of hydrogen-bond acceptors (Lipinski definition) is 7. The molecule has 2 rings (SSSR count). The summed E-state index contributed by atoms with van der Waals surface area (Å²) in [5, 5.41) is 26.3. The molecule has 4 unspecified atom stereocenters. The van der Waals surface area contributed by atoms with Crippen molar-refractivity contribution in [1.29, 1.82) is 0 Å². The van der Waals surface area contributed by atoms with Crippen molar-refractivity contribution in [3.8, 4) is 0 Å². The lowest BCUT2D eigenvalue weighted by atomic mass is 10.0. The van der Waals surface area contributed by atoms with Gasteiger partial charge in [-0.3, -0.25) is 24.2 Å². The highest BCUT2D eigenvalue weighted by molar-refractivity contribution is 5.94. The van der Waals surface area contributed by atoms with Gasteiger partial charge in [0.05, 0.1) is 6.04 Å². The summed E-state index contributed by atoms with van der Waals surface area (Å²) in [5.41, 5.74) is 18.3. The van der Waals surface area contributed by atoms with Crippen LogP contribution in [0.25, 0.3) is 0 Å². The smallest absolute Gasteiger partial charge is 0.326 e. The molecule has 0 saturated heterocycles. The number of nitrogens with two attached hydrogens (primary N) is 3. The van der Waals surface area contributed by atoms with Crippen LogP contribution in [0.15, 0.2) is 65.7 Å². The molecule has 3 amide bonds. The largest absolute Gasteiger partial charge is 0.481 e. The first-order valence-electron chi connectivity index (χ1n) is 13.7. The van der Waals surface area contributed by atoms with E-state index in [1.807, 2.05) is 6.07 Å². The summed E-state index contributed by atoms with van der Waals surface area (Å²) in [7, 11) is 0. The average Bonchev–Trinajstić information content (AvgIpc) is 2.96. The van der Waals surface area contributed by atoms with E-state index < -0.39 is 60.2 Å². The predicted molar refractivity (Wildman–Crippen MR) is 158 cm³/mol. The second-order valence-corrected chi connectivity index (χ2v) is 9.89. The lowest BCUT2D eigenvalue weighted by Crippen LogP contribution is -2.57. The maximum atomic E-state index is 13.4. The molecule has 14 heteroatoms. The van der Waals surface area contributed by atoms with Crippen molar-refractivity contribution in [3.63, 3.8) is 0 Å². The molecule has 0 heterocycles. The van der Waals surface area contributed by atoms with Gasteiger partial charge >= 0.3 is 11.9 Å². The van der Waals surface area contributed by atoms with Crippen LogP contribution in [0.3, 0.4) is 0 Å². The Morgan fingerprint density at radius 1 is 0.698 bits per heavy atom. The molecule has 2 aromatic carbocycles. The first-order chi connectivity index (χ1) is 20.5. The molecule has 0 fully saturated rings. The van der Waals surface area contributed by atoms with Gasteiger partial charge in [0.1, 0.15) is 18.1 Å². The summed E-state index contributed by atoms with van der Waals surface area (Å²) in [5.74, 6) is -4.97. The number of amides is 3. The predicted octanol–water partition coefficient (Wildman–Crippen LogP) is -0.743. The van der Waals surface area contributed by atoms with Gasteiger partial charge in [0.25, 0.3) is 0 Å². The van der Waals surface area contributed by atoms with Crippen LogP contribution in [0.1, 0.15) is 36.8 Å². The minimum absolute atomic E-state index is 0.0374. The zero-order valence-corrected chi connectivity index (χ0v) is 23.6. The molecule has 4 atom stereocenters. The van der Waals surface area contributed by atoms with Crippen molar-refractivity contribution in [3.05, 3.63) is 71.8 Å². The molecule has 0 bridgehead atoms. The van der Waals surface area contributed by atoms with Crippen LogP contribution >= 0.6 is 0 Å². The normalized spacial score (nSPS) is 13.4. The van der Waals surface area contributed by atoms with E-state index in [1.54, 1.807) is 54.6 Å². The van der Waals surface area contributed by atoms with E-state index in [0.717, 1.165) is 5.56 Å². The zero-order valence-electron chi connectivity index (χ0n) is 23.6. The highest BCUT2D eigenvalue weighted by Crippen LogP contribution is 2.08. The van der Waals surface area contributed by atoms with Crippen molar-refractivity contribution in [1.82, 2.24) is 16.0 Å². The second-order valence-electron chi connectivity index (χ2n) is 9.89. The summed E-state index contributed by atoms with van der Waals surface area (Å²) in [6.45, 7) is 0.154. The van der Waals surface area contributed by atoms with Gasteiger partial charge < -0.3 is 43.4 Å². The number of aliphatic imine (C=N–C) groups is 1. The summed E-state index contributed by atoms with van der Waals surface area (Å²) < 4.78 is 0. The van der Waals surface area contributed by atoms with Crippen LogP contribution in [-0.2, 0) is 36.8 Å². The maximum absolute atomic E-state index is 13.4. The van der Waals surface area contributed by atoms with Crippen LogP contribution in [0, 0.1) is 0 Å². The van der Waals surface area contributed by atoms with Crippen LogP contribution in [-0.4, -0.2) is 76.5 Å². The fourth-order valence-corrected chi connectivity index (χ4v) is 4.14. The topological polar surface area (TPSA) is 252 Å². The van der Waals surface area contributed by atoms with Gasteiger partial charge in [0.15, 0.2) is 5.96 Å². The number of carbonyl (C=O) groups is 5. The Kier molecular flexibility index (Phi) is 14.1. The number of hydrogen-bond donors (Lipinski definition) is 8. The van der Waals surface area contributed by atoms with Crippen LogP contribution < -0.4 is 33.2 Å². The molecule has 232 valence electrons. The number of carboxylic acids is 2. The number of nitrogens with zero attached hydrogens (tertiary/aromatic N) is 1. The van der Waals surface area contributed by atoms with Crippen molar-refractivity contribution in [2.75, 3.05) is 6.54 Å². The highest BCUT2D eigenvalue weighted by atomic mass is 16.4. The van der Waals surface area contributed by atoms with Crippen molar-refractivity contribution < 1.29 is 34.2 Å². The molecule has 11 N–H and O–H groups in total. The zero-order chi connectivity index (χ0) is 31.8. The van der Waals surface area contributed by atoms with Gasteiger partial charge in [-0.1, -0.05) is 60.7 Å². The van der Waals surface area contributed by atoms with Crippen LogP contribution in [0.5, 0.6) is 0 Å². The van der Waals surface area contributed by atoms with E-state index in [-0.39, 0.29) is 44.6 Å². The third kappa shape index (κ3) is 13.0. The minimum Gasteiger partial charge on any atom is -0.481 e. The highest BCUT2D eigenvalue weighted by Gasteiger charge is 2.30. The monoisotopic (exact) mass is 597 g/mol.